The number of nitrogens with one attached hydrogen (secondary N) is 1. The molecule has 0 atom stereocenters. The summed E-state index contributed by atoms with van der Waals surface area (Å²) in [5.74, 6) is 1.41. The van der Waals surface area contributed by atoms with Gasteiger partial charge in [0.25, 0.3) is 0 Å². The number of anilines is 1. The van der Waals surface area contributed by atoms with E-state index < -0.39 is 11.7 Å². The van der Waals surface area contributed by atoms with E-state index in [2.05, 4.69) is 56.3 Å². The molecule has 3 aromatic carbocycles. The van der Waals surface area contributed by atoms with Crippen molar-refractivity contribution >= 4 is 45.4 Å². The number of halogens is 4. The molecule has 1 N–H and O–H groups in total. The summed E-state index contributed by atoms with van der Waals surface area (Å²) in [7, 11) is 0. The van der Waals surface area contributed by atoms with Crippen LogP contribution in [0.1, 0.15) is 23.6 Å². The quantitative estimate of drug-likeness (QED) is 0.133. The predicted molar refractivity (Wildman–Crippen MR) is 139 cm³/mol. The summed E-state index contributed by atoms with van der Waals surface area (Å²) in [6, 6.07) is 20.1. The number of ether oxygens (including phenoxy) is 2. The van der Waals surface area contributed by atoms with Crippen LogP contribution in [0.2, 0.25) is 0 Å². The Morgan fingerprint density at radius 3 is 2.57 bits per heavy atom. The maximum absolute atomic E-state index is 12.7. The molecule has 0 radical (unpaired) electrons. The van der Waals surface area contributed by atoms with Crippen molar-refractivity contribution in [1.82, 2.24) is 4.98 Å². The fourth-order valence-electron chi connectivity index (χ4n) is 3.43. The number of nitrogens with zero attached hydrogens (tertiary/aromatic N) is 2. The molecule has 4 aromatic rings. The fourth-order valence-corrected chi connectivity index (χ4v) is 4.22. The molecule has 35 heavy (non-hydrogen) atoms. The summed E-state index contributed by atoms with van der Waals surface area (Å²) in [5, 5.41) is 6.37. The molecule has 0 amide bonds. The summed E-state index contributed by atoms with van der Waals surface area (Å²) in [5.41, 5.74) is 3.62. The van der Waals surface area contributed by atoms with Gasteiger partial charge in [0.15, 0.2) is 11.5 Å². The van der Waals surface area contributed by atoms with Crippen molar-refractivity contribution < 1.29 is 22.6 Å². The van der Waals surface area contributed by atoms with E-state index in [1.165, 1.54) is 6.07 Å². The maximum Gasteiger partial charge on any atom is 0.417 e. The van der Waals surface area contributed by atoms with Crippen molar-refractivity contribution in [1.29, 1.82) is 0 Å². The Bertz CT molecular complexity index is 1340. The molecule has 0 fully saturated rings. The average Bonchev–Trinajstić information content (AvgIpc) is 2.83. The summed E-state index contributed by atoms with van der Waals surface area (Å²) in [6.07, 6.45) is -2.13. The molecule has 4 rings (SSSR count). The van der Waals surface area contributed by atoms with E-state index in [1.54, 1.807) is 12.3 Å². The molecule has 1 heterocycles. The van der Waals surface area contributed by atoms with Crippen LogP contribution in [-0.2, 0) is 12.8 Å². The molecule has 0 saturated carbocycles. The van der Waals surface area contributed by atoms with Gasteiger partial charge in [0.1, 0.15) is 12.4 Å². The lowest BCUT2D eigenvalue weighted by atomic mass is 10.1. The van der Waals surface area contributed by atoms with Crippen molar-refractivity contribution in [2.75, 3.05) is 12.0 Å². The van der Waals surface area contributed by atoms with E-state index in [1.807, 2.05) is 37.3 Å². The average molecular weight is 591 g/mol. The van der Waals surface area contributed by atoms with Crippen LogP contribution in [0.3, 0.4) is 0 Å². The van der Waals surface area contributed by atoms with Crippen LogP contribution in [0.5, 0.6) is 11.5 Å². The van der Waals surface area contributed by atoms with E-state index in [9.17, 15) is 13.2 Å². The minimum Gasteiger partial charge on any atom is -0.490 e. The lowest BCUT2D eigenvalue weighted by Gasteiger charge is -2.15. The van der Waals surface area contributed by atoms with Crippen molar-refractivity contribution in [2.45, 2.75) is 19.7 Å². The van der Waals surface area contributed by atoms with Gasteiger partial charge in [-0.1, -0.05) is 42.5 Å². The lowest BCUT2D eigenvalue weighted by Crippen LogP contribution is -2.05. The van der Waals surface area contributed by atoms with Gasteiger partial charge in [0.2, 0.25) is 0 Å². The minimum absolute atomic E-state index is 0.198. The standard InChI is InChI=1S/C26H21F3IN3O2/c1-2-34-23-13-17(14-32-33-24-11-10-20(15-31-24)26(27,28)29)12-22(30)25(23)35-16-19-8-5-7-18-6-3-4-9-21(18)19/h3-15H,2,16H2,1H3,(H,31,33)/b32-14-. The van der Waals surface area contributed by atoms with Crippen molar-refractivity contribution in [3.05, 3.63) is 93.2 Å². The third-order valence-electron chi connectivity index (χ3n) is 5.07. The molecule has 180 valence electrons. The first-order valence-electron chi connectivity index (χ1n) is 10.7. The van der Waals surface area contributed by atoms with E-state index >= 15 is 0 Å². The number of aromatic nitrogens is 1. The molecule has 0 spiro atoms. The number of fused-ring (bicyclic) bond motifs is 1. The molecule has 0 saturated heterocycles. The predicted octanol–water partition coefficient (Wildman–Crippen LogP) is 7.28. The van der Waals surface area contributed by atoms with Gasteiger partial charge in [-0.25, -0.2) is 4.98 Å². The SMILES string of the molecule is CCOc1cc(/C=N\Nc2ccc(C(F)(F)F)cn2)cc(I)c1OCc1cccc2ccccc12. The highest BCUT2D eigenvalue weighted by molar-refractivity contribution is 14.1. The van der Waals surface area contributed by atoms with Gasteiger partial charge in [-0.3, -0.25) is 5.43 Å². The van der Waals surface area contributed by atoms with Gasteiger partial charge < -0.3 is 9.47 Å². The van der Waals surface area contributed by atoms with Gasteiger partial charge in [0, 0.05) is 6.20 Å². The van der Waals surface area contributed by atoms with E-state index in [-0.39, 0.29) is 5.82 Å². The topological polar surface area (TPSA) is 55.7 Å². The second-order valence-electron chi connectivity index (χ2n) is 7.49. The number of hydrazone groups is 1. The molecule has 0 aliphatic heterocycles. The van der Waals surface area contributed by atoms with Gasteiger partial charge >= 0.3 is 6.18 Å². The Morgan fingerprint density at radius 1 is 1.03 bits per heavy atom. The third kappa shape index (κ3) is 6.21. The van der Waals surface area contributed by atoms with Gasteiger partial charge in [-0.05, 0) is 75.7 Å². The van der Waals surface area contributed by atoms with Crippen LogP contribution in [0.4, 0.5) is 19.0 Å². The van der Waals surface area contributed by atoms with Crippen LogP contribution < -0.4 is 14.9 Å². The van der Waals surface area contributed by atoms with E-state index in [0.717, 1.165) is 37.7 Å². The monoisotopic (exact) mass is 591 g/mol. The van der Waals surface area contributed by atoms with E-state index in [0.29, 0.717) is 24.7 Å². The lowest BCUT2D eigenvalue weighted by molar-refractivity contribution is -0.137. The summed E-state index contributed by atoms with van der Waals surface area (Å²) in [6.45, 7) is 2.72. The molecule has 0 aliphatic rings. The zero-order valence-electron chi connectivity index (χ0n) is 18.6. The molecular formula is C26H21F3IN3O2. The molecule has 0 unspecified atom stereocenters. The van der Waals surface area contributed by atoms with Crippen LogP contribution in [0, 0.1) is 3.57 Å². The number of alkyl halides is 3. The minimum atomic E-state index is -4.43. The zero-order chi connectivity index (χ0) is 24.8. The number of hydrogen-bond acceptors (Lipinski definition) is 5. The number of pyridine rings is 1. The highest BCUT2D eigenvalue weighted by Gasteiger charge is 2.30. The first kappa shape index (κ1) is 24.8. The van der Waals surface area contributed by atoms with Crippen LogP contribution >= 0.6 is 22.6 Å². The Morgan fingerprint density at radius 2 is 1.83 bits per heavy atom. The van der Waals surface area contributed by atoms with Crippen LogP contribution in [0.15, 0.2) is 78.0 Å². The van der Waals surface area contributed by atoms with Crippen LogP contribution in [-0.4, -0.2) is 17.8 Å². The summed E-state index contributed by atoms with van der Waals surface area (Å²) in [4.78, 5) is 3.74. The van der Waals surface area contributed by atoms with Crippen molar-refractivity contribution in [3.63, 3.8) is 0 Å². The number of rotatable bonds is 8. The smallest absolute Gasteiger partial charge is 0.417 e. The Kier molecular flexibility index (Phi) is 7.74. The molecule has 0 aliphatic carbocycles. The number of hydrogen-bond donors (Lipinski definition) is 1. The Hall–Kier alpha value is -3.34. The molecule has 1 aromatic heterocycles. The molecule has 5 nitrogen and oxygen atoms in total. The largest absolute Gasteiger partial charge is 0.490 e. The summed E-state index contributed by atoms with van der Waals surface area (Å²) < 4.78 is 50.9. The summed E-state index contributed by atoms with van der Waals surface area (Å²) >= 11 is 2.18. The normalized spacial score (nSPS) is 11.7. The Labute approximate surface area is 214 Å². The van der Waals surface area contributed by atoms with Crippen LogP contribution in [0.25, 0.3) is 10.8 Å². The first-order chi connectivity index (χ1) is 16.8. The fraction of sp³-hybridized carbons (Fsp3) is 0.154. The van der Waals surface area contributed by atoms with E-state index in [4.69, 9.17) is 9.47 Å². The van der Waals surface area contributed by atoms with Gasteiger partial charge in [-0.15, -0.1) is 0 Å². The first-order valence-corrected chi connectivity index (χ1v) is 11.8. The van der Waals surface area contributed by atoms with Gasteiger partial charge in [-0.2, -0.15) is 18.3 Å². The Balaban J connectivity index is 1.49. The van der Waals surface area contributed by atoms with Crippen molar-refractivity contribution in [2.24, 2.45) is 5.10 Å². The van der Waals surface area contributed by atoms with Crippen molar-refractivity contribution in [3.8, 4) is 11.5 Å². The maximum atomic E-state index is 12.7. The van der Waals surface area contributed by atoms with Gasteiger partial charge in [0.05, 0.1) is 22.0 Å². The second kappa shape index (κ2) is 10.9. The molecule has 9 heteroatoms. The molecular weight excluding hydrogens is 570 g/mol. The highest BCUT2D eigenvalue weighted by Crippen LogP contribution is 2.35. The molecule has 0 bridgehead atoms. The number of benzene rings is 3. The highest BCUT2D eigenvalue weighted by atomic mass is 127. The second-order valence-corrected chi connectivity index (χ2v) is 8.65. The zero-order valence-corrected chi connectivity index (χ0v) is 20.8. The third-order valence-corrected chi connectivity index (χ3v) is 5.87.